The predicted octanol–water partition coefficient (Wildman–Crippen LogP) is 1.12. The highest BCUT2D eigenvalue weighted by Crippen LogP contribution is 2.12. The quantitative estimate of drug-likeness (QED) is 0.470. The molecule has 126 valence electrons. The number of rotatable bonds is 4. The smallest absolute Gasteiger partial charge is 0.436 e. The van der Waals surface area contributed by atoms with Crippen molar-refractivity contribution in [3.05, 3.63) is 11.8 Å². The van der Waals surface area contributed by atoms with E-state index in [1.165, 1.54) is 6.07 Å². The fourth-order valence-electron chi connectivity index (χ4n) is 1.41. The monoisotopic (exact) mass is 344 g/mol. The van der Waals surface area contributed by atoms with Crippen LogP contribution < -0.4 is 10.6 Å². The summed E-state index contributed by atoms with van der Waals surface area (Å²) >= 11 is 4.90. The van der Waals surface area contributed by atoms with E-state index in [0.29, 0.717) is 0 Å². The van der Waals surface area contributed by atoms with E-state index in [4.69, 9.17) is 17.0 Å². The van der Waals surface area contributed by atoms with Crippen molar-refractivity contribution in [2.24, 2.45) is 0 Å². The summed E-state index contributed by atoms with van der Waals surface area (Å²) in [4.78, 5) is 34.6. The number of hydrogen-bond acceptors (Lipinski definition) is 8. The third kappa shape index (κ3) is 5.21. The second kappa shape index (κ2) is 8.68. The number of aromatic nitrogens is 2. The summed E-state index contributed by atoms with van der Waals surface area (Å²) in [5.74, 6) is -0.704. The molecule has 1 heterocycles. The van der Waals surface area contributed by atoms with Gasteiger partial charge in [0, 0.05) is 6.07 Å². The van der Waals surface area contributed by atoms with Gasteiger partial charge < -0.3 is 19.5 Å². The first-order valence-corrected chi connectivity index (χ1v) is 6.94. The van der Waals surface area contributed by atoms with Crippen molar-refractivity contribution in [2.75, 3.05) is 25.6 Å². The average molecular weight is 344 g/mol. The lowest BCUT2D eigenvalue weighted by atomic mass is 10.4. The lowest BCUT2D eigenvalue weighted by Crippen LogP contribution is -2.35. The van der Waals surface area contributed by atoms with Crippen LogP contribution in [0.1, 0.15) is 24.3 Å². The third-order valence-electron chi connectivity index (χ3n) is 2.27. The maximum atomic E-state index is 11.7. The van der Waals surface area contributed by atoms with Crippen molar-refractivity contribution in [3.63, 3.8) is 0 Å². The second-order valence-electron chi connectivity index (χ2n) is 3.82. The number of amides is 1. The van der Waals surface area contributed by atoms with Gasteiger partial charge >= 0.3 is 18.2 Å². The van der Waals surface area contributed by atoms with Gasteiger partial charge in [0.05, 0.1) is 20.3 Å². The van der Waals surface area contributed by atoms with E-state index >= 15 is 0 Å². The minimum atomic E-state index is -0.859. The molecule has 0 aromatic carbocycles. The zero-order valence-electron chi connectivity index (χ0n) is 12.7. The Kier molecular flexibility index (Phi) is 6.93. The van der Waals surface area contributed by atoms with Gasteiger partial charge in [-0.25, -0.2) is 14.4 Å². The number of carbonyl (C=O) groups excluding carboxylic acids is 3. The highest BCUT2D eigenvalue weighted by Gasteiger charge is 2.20. The van der Waals surface area contributed by atoms with Crippen LogP contribution in [0, 0.1) is 0 Å². The first-order valence-electron chi connectivity index (χ1n) is 6.53. The van der Waals surface area contributed by atoms with E-state index in [0.717, 1.165) is 11.8 Å². The third-order valence-corrected chi connectivity index (χ3v) is 2.48. The number of thiocarbonyl (C=S) groups is 1. The van der Waals surface area contributed by atoms with Crippen molar-refractivity contribution >= 4 is 41.3 Å². The molecule has 0 unspecified atom stereocenters. The topological polar surface area (TPSA) is 121 Å². The van der Waals surface area contributed by atoms with Gasteiger partial charge in [0.15, 0.2) is 10.8 Å². The van der Waals surface area contributed by atoms with Gasteiger partial charge in [0.1, 0.15) is 5.82 Å². The first kappa shape index (κ1) is 18.4. The van der Waals surface area contributed by atoms with Crippen LogP contribution in [0.25, 0.3) is 0 Å². The van der Waals surface area contributed by atoms with E-state index in [2.05, 4.69) is 25.2 Å². The van der Waals surface area contributed by atoms with Crippen LogP contribution in [0.5, 0.6) is 0 Å². The zero-order valence-corrected chi connectivity index (χ0v) is 13.6. The molecule has 0 bridgehead atoms. The van der Waals surface area contributed by atoms with E-state index in [9.17, 15) is 14.4 Å². The number of alkyl carbamates (subject to hydrolysis) is 1. The molecule has 0 aliphatic rings. The zero-order chi connectivity index (χ0) is 17.4. The summed E-state index contributed by atoms with van der Waals surface area (Å²) in [6.07, 6.45) is -1.62. The molecule has 1 aromatic heterocycles. The SMILES string of the molecule is CCOC(=O)NC(=S)Nc1cc(C(=O)OCC)nn1C(=O)OC. The molecule has 10 nitrogen and oxygen atoms in total. The second-order valence-corrected chi connectivity index (χ2v) is 4.22. The number of methoxy groups -OCH3 is 1. The van der Waals surface area contributed by atoms with Gasteiger partial charge in [0.2, 0.25) is 0 Å². The van der Waals surface area contributed by atoms with Crippen molar-refractivity contribution in [2.45, 2.75) is 13.8 Å². The van der Waals surface area contributed by atoms with Gasteiger partial charge in [0.25, 0.3) is 0 Å². The fourth-order valence-corrected chi connectivity index (χ4v) is 1.60. The number of esters is 1. The Hall–Kier alpha value is -2.69. The van der Waals surface area contributed by atoms with Gasteiger partial charge in [-0.2, -0.15) is 5.10 Å². The molecule has 0 aliphatic carbocycles. The molecule has 0 spiro atoms. The Balaban J connectivity index is 2.94. The summed E-state index contributed by atoms with van der Waals surface area (Å²) in [7, 11) is 1.15. The Bertz CT molecular complexity index is 615. The molecule has 1 aromatic rings. The molecule has 1 rings (SSSR count). The molecule has 0 fully saturated rings. The molecular weight excluding hydrogens is 328 g/mol. The van der Waals surface area contributed by atoms with Crippen molar-refractivity contribution in [1.82, 2.24) is 15.1 Å². The van der Waals surface area contributed by atoms with E-state index in [1.807, 2.05) is 0 Å². The summed E-state index contributed by atoms with van der Waals surface area (Å²) in [6.45, 7) is 3.58. The number of nitrogens with one attached hydrogen (secondary N) is 2. The summed E-state index contributed by atoms with van der Waals surface area (Å²) in [5.41, 5.74) is -0.126. The minimum absolute atomic E-state index is 0.0155. The first-order chi connectivity index (χ1) is 10.9. The summed E-state index contributed by atoms with van der Waals surface area (Å²) < 4.78 is 14.8. The Labute approximate surface area is 137 Å². The number of nitrogens with zero attached hydrogens (tertiary/aromatic N) is 2. The highest BCUT2D eigenvalue weighted by atomic mass is 32.1. The number of anilines is 1. The molecule has 0 atom stereocenters. The number of ether oxygens (including phenoxy) is 3. The molecule has 1 amide bonds. The number of carbonyl (C=O) groups is 3. The fraction of sp³-hybridized carbons (Fsp3) is 0.417. The minimum Gasteiger partial charge on any atom is -0.461 e. The number of hydrogen-bond donors (Lipinski definition) is 2. The lowest BCUT2D eigenvalue weighted by molar-refractivity contribution is 0.0518. The molecule has 11 heteroatoms. The standard InChI is InChI=1S/C12H16N4O6S/c1-4-21-9(17)7-6-8(16(15-7)12(19)20-3)13-10(23)14-11(18)22-5-2/h6H,4-5H2,1-3H3,(H2,13,14,18,23). The van der Waals surface area contributed by atoms with E-state index in [1.54, 1.807) is 13.8 Å². The molecule has 0 radical (unpaired) electrons. The molecular formula is C12H16N4O6S. The van der Waals surface area contributed by atoms with Crippen LogP contribution in [0.2, 0.25) is 0 Å². The maximum Gasteiger partial charge on any atom is 0.436 e. The van der Waals surface area contributed by atoms with Crippen LogP contribution >= 0.6 is 12.2 Å². The molecule has 0 aliphatic heterocycles. The Morgan fingerprint density at radius 1 is 1.26 bits per heavy atom. The highest BCUT2D eigenvalue weighted by molar-refractivity contribution is 7.80. The van der Waals surface area contributed by atoms with Crippen LogP contribution in [-0.2, 0) is 14.2 Å². The molecule has 2 N–H and O–H groups in total. The predicted molar refractivity (Wildman–Crippen MR) is 82.4 cm³/mol. The van der Waals surface area contributed by atoms with Crippen LogP contribution in [0.3, 0.4) is 0 Å². The van der Waals surface area contributed by atoms with Gasteiger partial charge in [-0.3, -0.25) is 5.32 Å². The molecule has 23 heavy (non-hydrogen) atoms. The van der Waals surface area contributed by atoms with Crippen molar-refractivity contribution < 1.29 is 28.6 Å². The Morgan fingerprint density at radius 2 is 1.91 bits per heavy atom. The molecule has 0 saturated carbocycles. The van der Waals surface area contributed by atoms with Crippen LogP contribution in [0.15, 0.2) is 6.07 Å². The van der Waals surface area contributed by atoms with Crippen LogP contribution in [-0.4, -0.2) is 53.4 Å². The summed E-state index contributed by atoms with van der Waals surface area (Å²) in [6, 6.07) is 1.23. The van der Waals surface area contributed by atoms with Gasteiger partial charge in [-0.15, -0.1) is 4.68 Å². The Morgan fingerprint density at radius 3 is 2.48 bits per heavy atom. The maximum absolute atomic E-state index is 11.7. The van der Waals surface area contributed by atoms with Gasteiger partial charge in [-0.05, 0) is 26.1 Å². The normalized spacial score (nSPS) is 9.70. The van der Waals surface area contributed by atoms with E-state index in [-0.39, 0.29) is 29.8 Å². The largest absolute Gasteiger partial charge is 0.461 e. The van der Waals surface area contributed by atoms with Gasteiger partial charge in [-0.1, -0.05) is 0 Å². The lowest BCUT2D eigenvalue weighted by Gasteiger charge is -2.09. The van der Waals surface area contributed by atoms with Crippen LogP contribution in [0.4, 0.5) is 15.4 Å². The van der Waals surface area contributed by atoms with E-state index < -0.39 is 18.2 Å². The average Bonchev–Trinajstić information content (AvgIpc) is 2.90. The molecule has 0 saturated heterocycles. The summed E-state index contributed by atoms with van der Waals surface area (Å²) in [5, 5.41) is 8.39. The van der Waals surface area contributed by atoms with Crippen molar-refractivity contribution in [1.29, 1.82) is 0 Å². The van der Waals surface area contributed by atoms with Crippen molar-refractivity contribution in [3.8, 4) is 0 Å².